The lowest BCUT2D eigenvalue weighted by Gasteiger charge is -2.31. The highest BCUT2D eigenvalue weighted by Gasteiger charge is 2.36. The van der Waals surface area contributed by atoms with Gasteiger partial charge in [-0.1, -0.05) is 37.1 Å². The van der Waals surface area contributed by atoms with Crippen molar-refractivity contribution in [2.45, 2.75) is 44.6 Å². The van der Waals surface area contributed by atoms with Gasteiger partial charge < -0.3 is 10.5 Å². The van der Waals surface area contributed by atoms with Gasteiger partial charge in [-0.25, -0.2) is 0 Å². The van der Waals surface area contributed by atoms with Crippen LogP contribution in [-0.2, 0) is 16.7 Å². The van der Waals surface area contributed by atoms with Crippen LogP contribution in [0.4, 0.5) is 0 Å². The Bertz CT molecular complexity index is 356. The van der Waals surface area contributed by atoms with Gasteiger partial charge in [0.25, 0.3) is 0 Å². The van der Waals surface area contributed by atoms with E-state index in [2.05, 4.69) is 31.2 Å². The van der Waals surface area contributed by atoms with Crippen molar-refractivity contribution in [3.05, 3.63) is 35.4 Å². The largest absolute Gasteiger partial charge is 0.381 e. The Balaban J connectivity index is 2.31. The van der Waals surface area contributed by atoms with E-state index in [-0.39, 0.29) is 5.41 Å². The minimum absolute atomic E-state index is 0.228. The SMILES string of the molecule is CCOCC1(c2ccccc2CN)CCCC1. The molecule has 0 heterocycles. The van der Waals surface area contributed by atoms with E-state index in [0.29, 0.717) is 6.54 Å². The van der Waals surface area contributed by atoms with Crippen LogP contribution in [-0.4, -0.2) is 13.2 Å². The fraction of sp³-hybridized carbons (Fsp3) is 0.600. The molecule has 2 rings (SSSR count). The highest BCUT2D eigenvalue weighted by atomic mass is 16.5. The molecule has 0 radical (unpaired) electrons. The van der Waals surface area contributed by atoms with Gasteiger partial charge in [-0.05, 0) is 30.9 Å². The summed E-state index contributed by atoms with van der Waals surface area (Å²) < 4.78 is 5.73. The summed E-state index contributed by atoms with van der Waals surface area (Å²) in [6.45, 7) is 4.34. The summed E-state index contributed by atoms with van der Waals surface area (Å²) in [5.41, 5.74) is 8.80. The quantitative estimate of drug-likeness (QED) is 0.848. The van der Waals surface area contributed by atoms with Crippen LogP contribution in [0.25, 0.3) is 0 Å². The first-order valence-electron chi connectivity index (χ1n) is 6.68. The standard InChI is InChI=1S/C15H23NO/c1-2-17-12-15(9-5-6-10-15)14-8-4-3-7-13(14)11-16/h3-4,7-8H,2,5-6,9-12,16H2,1H3. The molecule has 17 heavy (non-hydrogen) atoms. The second kappa shape index (κ2) is 5.65. The molecule has 94 valence electrons. The maximum Gasteiger partial charge on any atom is 0.0562 e. The molecule has 1 fully saturated rings. The average Bonchev–Trinajstić information content (AvgIpc) is 2.86. The molecule has 1 aliphatic rings. The van der Waals surface area contributed by atoms with E-state index in [1.807, 2.05) is 0 Å². The molecule has 2 N–H and O–H groups in total. The third kappa shape index (κ3) is 2.53. The molecule has 2 nitrogen and oxygen atoms in total. The number of hydrogen-bond donors (Lipinski definition) is 1. The fourth-order valence-electron chi connectivity index (χ4n) is 3.06. The van der Waals surface area contributed by atoms with E-state index >= 15 is 0 Å². The lowest BCUT2D eigenvalue weighted by Crippen LogP contribution is -2.30. The van der Waals surface area contributed by atoms with Gasteiger partial charge in [0.15, 0.2) is 0 Å². The van der Waals surface area contributed by atoms with E-state index in [1.165, 1.54) is 36.8 Å². The van der Waals surface area contributed by atoms with Gasteiger partial charge in [-0.15, -0.1) is 0 Å². The van der Waals surface area contributed by atoms with E-state index in [0.717, 1.165) is 13.2 Å². The molecular weight excluding hydrogens is 210 g/mol. The Morgan fingerprint density at radius 2 is 1.94 bits per heavy atom. The van der Waals surface area contributed by atoms with Crippen LogP contribution in [0.1, 0.15) is 43.7 Å². The molecule has 0 saturated heterocycles. The van der Waals surface area contributed by atoms with Crippen molar-refractivity contribution in [1.29, 1.82) is 0 Å². The molecular formula is C15H23NO. The highest BCUT2D eigenvalue weighted by Crippen LogP contribution is 2.42. The molecule has 0 spiro atoms. The zero-order valence-electron chi connectivity index (χ0n) is 10.7. The number of hydrogen-bond acceptors (Lipinski definition) is 2. The minimum Gasteiger partial charge on any atom is -0.381 e. The van der Waals surface area contributed by atoms with Crippen molar-refractivity contribution >= 4 is 0 Å². The molecule has 1 aromatic carbocycles. The Kier molecular flexibility index (Phi) is 4.19. The van der Waals surface area contributed by atoms with Gasteiger partial charge in [-0.2, -0.15) is 0 Å². The summed E-state index contributed by atoms with van der Waals surface area (Å²) in [6, 6.07) is 8.60. The molecule has 1 saturated carbocycles. The van der Waals surface area contributed by atoms with Crippen molar-refractivity contribution in [2.24, 2.45) is 5.73 Å². The van der Waals surface area contributed by atoms with Crippen molar-refractivity contribution < 1.29 is 4.74 Å². The summed E-state index contributed by atoms with van der Waals surface area (Å²) in [6.07, 6.45) is 5.10. The first-order valence-corrected chi connectivity index (χ1v) is 6.68. The van der Waals surface area contributed by atoms with Crippen molar-refractivity contribution in [2.75, 3.05) is 13.2 Å². The molecule has 1 aliphatic carbocycles. The Labute approximate surface area is 104 Å². The van der Waals surface area contributed by atoms with Gasteiger partial charge in [0.2, 0.25) is 0 Å². The van der Waals surface area contributed by atoms with E-state index in [4.69, 9.17) is 10.5 Å². The minimum atomic E-state index is 0.228. The fourth-order valence-corrected chi connectivity index (χ4v) is 3.06. The maximum absolute atomic E-state index is 5.86. The van der Waals surface area contributed by atoms with Crippen LogP contribution in [0.3, 0.4) is 0 Å². The summed E-state index contributed by atoms with van der Waals surface area (Å²) in [5, 5.41) is 0. The third-order valence-corrected chi connectivity index (χ3v) is 3.95. The number of ether oxygens (including phenoxy) is 1. The molecule has 0 amide bonds. The Morgan fingerprint density at radius 1 is 1.24 bits per heavy atom. The third-order valence-electron chi connectivity index (χ3n) is 3.95. The van der Waals surface area contributed by atoms with Gasteiger partial charge >= 0.3 is 0 Å². The molecule has 0 atom stereocenters. The lowest BCUT2D eigenvalue weighted by atomic mass is 9.77. The first kappa shape index (κ1) is 12.6. The maximum atomic E-state index is 5.86. The van der Waals surface area contributed by atoms with E-state index < -0.39 is 0 Å². The lowest BCUT2D eigenvalue weighted by molar-refractivity contribution is 0.0932. The van der Waals surface area contributed by atoms with Crippen molar-refractivity contribution in [3.63, 3.8) is 0 Å². The van der Waals surface area contributed by atoms with Gasteiger partial charge in [0.05, 0.1) is 6.61 Å². The molecule has 0 bridgehead atoms. The Morgan fingerprint density at radius 3 is 2.59 bits per heavy atom. The smallest absolute Gasteiger partial charge is 0.0562 e. The molecule has 1 aromatic rings. The molecule has 0 aliphatic heterocycles. The first-order chi connectivity index (χ1) is 8.32. The summed E-state index contributed by atoms with van der Waals surface area (Å²) in [4.78, 5) is 0. The van der Waals surface area contributed by atoms with Crippen LogP contribution < -0.4 is 5.73 Å². The zero-order chi connectivity index (χ0) is 12.1. The van der Waals surface area contributed by atoms with Crippen LogP contribution >= 0.6 is 0 Å². The van der Waals surface area contributed by atoms with Crippen LogP contribution in [0.15, 0.2) is 24.3 Å². The van der Waals surface area contributed by atoms with Gasteiger partial charge in [-0.3, -0.25) is 0 Å². The Hall–Kier alpha value is -0.860. The monoisotopic (exact) mass is 233 g/mol. The molecule has 2 heteroatoms. The number of rotatable bonds is 5. The summed E-state index contributed by atoms with van der Waals surface area (Å²) in [5.74, 6) is 0. The van der Waals surface area contributed by atoms with Crippen molar-refractivity contribution in [3.8, 4) is 0 Å². The topological polar surface area (TPSA) is 35.2 Å². The van der Waals surface area contributed by atoms with Gasteiger partial charge in [0, 0.05) is 18.6 Å². The normalized spacial score (nSPS) is 18.5. The second-order valence-electron chi connectivity index (χ2n) is 4.99. The highest BCUT2D eigenvalue weighted by molar-refractivity contribution is 5.35. The molecule has 0 unspecified atom stereocenters. The summed E-state index contributed by atoms with van der Waals surface area (Å²) in [7, 11) is 0. The van der Waals surface area contributed by atoms with Crippen molar-refractivity contribution in [1.82, 2.24) is 0 Å². The predicted molar refractivity (Wildman–Crippen MR) is 71.0 cm³/mol. The van der Waals surface area contributed by atoms with Gasteiger partial charge in [0.1, 0.15) is 0 Å². The van der Waals surface area contributed by atoms with Crippen LogP contribution in [0.5, 0.6) is 0 Å². The molecule has 0 aromatic heterocycles. The predicted octanol–water partition coefficient (Wildman–Crippen LogP) is 2.99. The second-order valence-corrected chi connectivity index (χ2v) is 4.99. The van der Waals surface area contributed by atoms with Crippen LogP contribution in [0, 0.1) is 0 Å². The number of benzene rings is 1. The number of nitrogens with two attached hydrogens (primary N) is 1. The average molecular weight is 233 g/mol. The van der Waals surface area contributed by atoms with Crippen LogP contribution in [0.2, 0.25) is 0 Å². The van der Waals surface area contributed by atoms with E-state index in [1.54, 1.807) is 0 Å². The zero-order valence-corrected chi connectivity index (χ0v) is 10.7. The summed E-state index contributed by atoms with van der Waals surface area (Å²) >= 11 is 0. The van der Waals surface area contributed by atoms with E-state index in [9.17, 15) is 0 Å².